The van der Waals surface area contributed by atoms with E-state index in [0.717, 1.165) is 18.2 Å². The van der Waals surface area contributed by atoms with Gasteiger partial charge in [0.2, 0.25) is 0 Å². The summed E-state index contributed by atoms with van der Waals surface area (Å²) in [5, 5.41) is 12.8. The van der Waals surface area contributed by atoms with Crippen molar-refractivity contribution in [3.8, 4) is 0 Å². The number of halogens is 1. The van der Waals surface area contributed by atoms with E-state index in [1.807, 2.05) is 0 Å². The maximum Gasteiger partial charge on any atom is 0.272 e. The topological polar surface area (TPSA) is 107 Å². The third kappa shape index (κ3) is 3.09. The number of hydrogen-bond acceptors (Lipinski definition) is 5. The lowest BCUT2D eigenvalue weighted by Gasteiger charge is -2.13. The predicted molar refractivity (Wildman–Crippen MR) is 68.6 cm³/mol. The summed E-state index contributed by atoms with van der Waals surface area (Å²) in [7, 11) is 0. The van der Waals surface area contributed by atoms with Gasteiger partial charge in [-0.2, -0.15) is 0 Å². The van der Waals surface area contributed by atoms with Crippen LogP contribution in [0.2, 0.25) is 0 Å². The minimum Gasteiger partial charge on any atom is -0.364 e. The number of amides is 1. The Balaban J connectivity index is 2.03. The van der Waals surface area contributed by atoms with Gasteiger partial charge in [-0.15, -0.1) is 0 Å². The van der Waals surface area contributed by atoms with E-state index in [1.54, 1.807) is 0 Å². The van der Waals surface area contributed by atoms with Crippen molar-refractivity contribution < 1.29 is 18.8 Å². The van der Waals surface area contributed by atoms with Gasteiger partial charge in [0, 0.05) is 12.6 Å². The normalized spacial score (nSPS) is 21.7. The highest BCUT2D eigenvalue weighted by Gasteiger charge is 2.30. The number of carbonyl (C=O) groups excluding carboxylic acids is 1. The summed E-state index contributed by atoms with van der Waals surface area (Å²) in [6.07, 6.45) is 0.366. The molecule has 108 valence electrons. The van der Waals surface area contributed by atoms with Crippen LogP contribution in [-0.2, 0) is 9.53 Å². The lowest BCUT2D eigenvalue weighted by atomic mass is 10.2. The molecule has 2 unspecified atom stereocenters. The zero-order valence-corrected chi connectivity index (χ0v) is 10.5. The molecule has 1 heterocycles. The summed E-state index contributed by atoms with van der Waals surface area (Å²) >= 11 is 0. The van der Waals surface area contributed by atoms with Gasteiger partial charge in [-0.05, 0) is 18.9 Å². The fourth-order valence-corrected chi connectivity index (χ4v) is 2.00. The second kappa shape index (κ2) is 5.93. The molecule has 1 aromatic rings. The van der Waals surface area contributed by atoms with Gasteiger partial charge in [-0.1, -0.05) is 0 Å². The third-order valence-corrected chi connectivity index (χ3v) is 3.08. The maximum atomic E-state index is 13.6. The Morgan fingerprint density at radius 3 is 2.85 bits per heavy atom. The van der Waals surface area contributed by atoms with Crippen molar-refractivity contribution in [2.45, 2.75) is 25.0 Å². The quantitative estimate of drug-likeness (QED) is 0.637. The lowest BCUT2D eigenvalue weighted by molar-refractivity contribution is -0.385. The highest BCUT2D eigenvalue weighted by Crippen LogP contribution is 2.23. The van der Waals surface area contributed by atoms with Gasteiger partial charge >= 0.3 is 0 Å². The maximum absolute atomic E-state index is 13.6. The molecule has 0 spiro atoms. The third-order valence-electron chi connectivity index (χ3n) is 3.08. The molecule has 8 heteroatoms. The number of benzene rings is 1. The van der Waals surface area contributed by atoms with Crippen LogP contribution >= 0.6 is 0 Å². The highest BCUT2D eigenvalue weighted by atomic mass is 19.1. The number of non-ortho nitro benzene ring substituents is 1. The molecule has 1 aliphatic rings. The van der Waals surface area contributed by atoms with Crippen LogP contribution in [0.3, 0.4) is 0 Å². The van der Waals surface area contributed by atoms with E-state index in [0.29, 0.717) is 19.4 Å². The van der Waals surface area contributed by atoms with Crippen molar-refractivity contribution in [2.24, 2.45) is 5.73 Å². The fraction of sp³-hybridized carbons (Fsp3) is 0.417. The monoisotopic (exact) mass is 283 g/mol. The number of ether oxygens (including phenoxy) is 1. The zero-order valence-electron chi connectivity index (χ0n) is 10.5. The van der Waals surface area contributed by atoms with E-state index in [1.165, 1.54) is 0 Å². The smallest absolute Gasteiger partial charge is 0.272 e. The number of nitrogens with one attached hydrogen (secondary N) is 1. The molecule has 2 atom stereocenters. The summed E-state index contributed by atoms with van der Waals surface area (Å²) in [5.74, 6) is -1.34. The molecule has 0 radical (unpaired) electrons. The molecule has 1 amide bonds. The molecular weight excluding hydrogens is 269 g/mol. The average molecular weight is 283 g/mol. The molecule has 0 aromatic heterocycles. The van der Waals surface area contributed by atoms with Crippen molar-refractivity contribution in [1.29, 1.82) is 0 Å². The second-order valence-electron chi connectivity index (χ2n) is 4.47. The molecule has 20 heavy (non-hydrogen) atoms. The van der Waals surface area contributed by atoms with Crippen LogP contribution in [0.15, 0.2) is 18.2 Å². The van der Waals surface area contributed by atoms with Crippen LogP contribution in [0.1, 0.15) is 12.8 Å². The van der Waals surface area contributed by atoms with E-state index in [-0.39, 0.29) is 17.5 Å². The summed E-state index contributed by atoms with van der Waals surface area (Å²) in [5.41, 5.74) is 4.95. The molecule has 7 nitrogen and oxygen atoms in total. The van der Waals surface area contributed by atoms with Gasteiger partial charge in [-0.25, -0.2) is 4.39 Å². The van der Waals surface area contributed by atoms with Crippen LogP contribution in [0.25, 0.3) is 0 Å². The first kappa shape index (κ1) is 14.4. The van der Waals surface area contributed by atoms with Gasteiger partial charge < -0.3 is 15.8 Å². The molecule has 1 aromatic carbocycles. The number of nitrogens with zero attached hydrogens (tertiary/aromatic N) is 1. The van der Waals surface area contributed by atoms with Crippen molar-refractivity contribution in [3.63, 3.8) is 0 Å². The van der Waals surface area contributed by atoms with E-state index < -0.39 is 22.8 Å². The van der Waals surface area contributed by atoms with Crippen molar-refractivity contribution in [3.05, 3.63) is 34.1 Å². The predicted octanol–water partition coefficient (Wildman–Crippen LogP) is 1.18. The molecule has 1 saturated heterocycles. The van der Waals surface area contributed by atoms with Gasteiger partial charge in [0.15, 0.2) is 5.82 Å². The number of rotatable bonds is 4. The Hall–Kier alpha value is -2.06. The molecule has 0 aliphatic carbocycles. The van der Waals surface area contributed by atoms with Crippen LogP contribution in [0.4, 0.5) is 15.8 Å². The first-order chi connectivity index (χ1) is 9.51. The fourth-order valence-electron chi connectivity index (χ4n) is 2.00. The molecule has 0 bridgehead atoms. The van der Waals surface area contributed by atoms with Crippen LogP contribution < -0.4 is 11.1 Å². The SMILES string of the molecule is NCC1CCC(C(=O)Nc2ccc([N+](=O)[O-])cc2F)O1. The summed E-state index contributed by atoms with van der Waals surface area (Å²) in [6, 6.07) is 3.03. The highest BCUT2D eigenvalue weighted by molar-refractivity contribution is 5.94. The van der Waals surface area contributed by atoms with Gasteiger partial charge in [0.05, 0.1) is 22.8 Å². The Morgan fingerprint density at radius 1 is 1.55 bits per heavy atom. The Morgan fingerprint density at radius 2 is 2.30 bits per heavy atom. The number of hydrogen-bond donors (Lipinski definition) is 2. The summed E-state index contributed by atoms with van der Waals surface area (Å²) in [4.78, 5) is 21.6. The van der Waals surface area contributed by atoms with Crippen molar-refractivity contribution in [1.82, 2.24) is 0 Å². The molecular formula is C12H14FN3O4. The zero-order chi connectivity index (χ0) is 14.7. The van der Waals surface area contributed by atoms with E-state index >= 15 is 0 Å². The number of anilines is 1. The first-order valence-electron chi connectivity index (χ1n) is 6.11. The Bertz CT molecular complexity index is 537. The number of carbonyl (C=O) groups is 1. The largest absolute Gasteiger partial charge is 0.364 e. The van der Waals surface area contributed by atoms with Crippen LogP contribution in [0, 0.1) is 15.9 Å². The van der Waals surface area contributed by atoms with Crippen LogP contribution in [-0.4, -0.2) is 29.6 Å². The Labute approximate surface area is 114 Å². The first-order valence-corrected chi connectivity index (χ1v) is 6.11. The lowest BCUT2D eigenvalue weighted by Crippen LogP contribution is -2.30. The van der Waals surface area contributed by atoms with Crippen LogP contribution in [0.5, 0.6) is 0 Å². The standard InChI is InChI=1S/C12H14FN3O4/c13-9-5-7(16(18)19)1-3-10(9)15-12(17)11-4-2-8(6-14)20-11/h1,3,5,8,11H,2,4,6,14H2,(H,15,17). The van der Waals surface area contributed by atoms with E-state index in [2.05, 4.69) is 5.32 Å². The molecule has 0 saturated carbocycles. The number of nitrogens with two attached hydrogens (primary N) is 1. The van der Waals surface area contributed by atoms with Gasteiger partial charge in [0.25, 0.3) is 11.6 Å². The minimum absolute atomic E-state index is 0.111. The second-order valence-corrected chi connectivity index (χ2v) is 4.47. The minimum atomic E-state index is -0.860. The van der Waals surface area contributed by atoms with E-state index in [9.17, 15) is 19.3 Å². The van der Waals surface area contributed by atoms with Gasteiger partial charge in [0.1, 0.15) is 6.10 Å². The molecule has 1 fully saturated rings. The van der Waals surface area contributed by atoms with Gasteiger partial charge in [-0.3, -0.25) is 14.9 Å². The average Bonchev–Trinajstić information content (AvgIpc) is 2.89. The molecule has 3 N–H and O–H groups in total. The van der Waals surface area contributed by atoms with Crippen molar-refractivity contribution >= 4 is 17.3 Å². The number of nitro groups is 1. The molecule has 2 rings (SSSR count). The molecule has 1 aliphatic heterocycles. The summed E-state index contributed by atoms with van der Waals surface area (Å²) in [6.45, 7) is 0.329. The van der Waals surface area contributed by atoms with E-state index in [4.69, 9.17) is 10.5 Å². The number of nitro benzene ring substituents is 1. The summed E-state index contributed by atoms with van der Waals surface area (Å²) < 4.78 is 19.0. The van der Waals surface area contributed by atoms with Crippen molar-refractivity contribution in [2.75, 3.05) is 11.9 Å². The Kier molecular flexibility index (Phi) is 4.26.